The second kappa shape index (κ2) is 18.7. The van der Waals surface area contributed by atoms with E-state index in [9.17, 15) is 14.4 Å². The van der Waals surface area contributed by atoms with Crippen LogP contribution in [0.15, 0.2) is 30.3 Å². The van der Waals surface area contributed by atoms with E-state index < -0.39 is 23.7 Å². The standard InChI is InChI=1S/C29H48N2O5/c1-5-6-7-8-9-10-11-12-13-17-22-30-27(33)25(31-28(34)36-29(2,3)4)20-21-26(32)35-23-24-18-15-14-16-19-24/h14-16,18-19,25H,5-13,17,20-23H2,1-4H3,(H,30,33)(H,31,34). The molecule has 1 rings (SSSR count). The SMILES string of the molecule is CCCCCCCCCCCCNC(=O)C(CCC(=O)OCc1ccccc1)NC(=O)OC(C)(C)C. The molecule has 1 aromatic rings. The molecule has 0 bridgehead atoms. The van der Waals surface area contributed by atoms with Gasteiger partial charge in [0.1, 0.15) is 18.2 Å². The Morgan fingerprint density at radius 3 is 2.03 bits per heavy atom. The fraction of sp³-hybridized carbons (Fsp3) is 0.690. The molecule has 204 valence electrons. The molecule has 7 nitrogen and oxygen atoms in total. The summed E-state index contributed by atoms with van der Waals surface area (Å²) in [5, 5.41) is 5.51. The number of rotatable bonds is 18. The average Bonchev–Trinajstić information content (AvgIpc) is 2.83. The Labute approximate surface area is 218 Å². The molecule has 0 aliphatic carbocycles. The van der Waals surface area contributed by atoms with E-state index in [0.29, 0.717) is 6.54 Å². The molecule has 1 atom stereocenters. The number of hydrogen-bond acceptors (Lipinski definition) is 5. The number of carbonyl (C=O) groups excluding carboxylic acids is 3. The Hall–Kier alpha value is -2.57. The number of amides is 2. The maximum absolute atomic E-state index is 12.8. The molecule has 36 heavy (non-hydrogen) atoms. The lowest BCUT2D eigenvalue weighted by molar-refractivity contribution is -0.145. The van der Waals surface area contributed by atoms with Crippen molar-refractivity contribution in [2.75, 3.05) is 6.54 Å². The fourth-order valence-electron chi connectivity index (χ4n) is 3.74. The van der Waals surface area contributed by atoms with Crippen LogP contribution in [0.4, 0.5) is 4.79 Å². The Balaban J connectivity index is 2.38. The predicted molar refractivity (Wildman–Crippen MR) is 143 cm³/mol. The van der Waals surface area contributed by atoms with Crippen LogP contribution in [-0.2, 0) is 25.7 Å². The number of esters is 1. The van der Waals surface area contributed by atoms with Crippen LogP contribution in [0.3, 0.4) is 0 Å². The van der Waals surface area contributed by atoms with Crippen molar-refractivity contribution in [2.45, 2.75) is 123 Å². The van der Waals surface area contributed by atoms with Gasteiger partial charge in [0.15, 0.2) is 0 Å². The summed E-state index contributed by atoms with van der Waals surface area (Å²) < 4.78 is 10.6. The average molecular weight is 505 g/mol. The summed E-state index contributed by atoms with van der Waals surface area (Å²) in [4.78, 5) is 37.2. The predicted octanol–water partition coefficient (Wildman–Crippen LogP) is 6.44. The summed E-state index contributed by atoms with van der Waals surface area (Å²) in [7, 11) is 0. The van der Waals surface area contributed by atoms with Crippen molar-refractivity contribution in [3.05, 3.63) is 35.9 Å². The lowest BCUT2D eigenvalue weighted by Gasteiger charge is -2.23. The van der Waals surface area contributed by atoms with Crippen LogP contribution in [-0.4, -0.2) is 36.2 Å². The normalized spacial score (nSPS) is 12.0. The van der Waals surface area contributed by atoms with Gasteiger partial charge in [-0.25, -0.2) is 4.79 Å². The molecule has 1 unspecified atom stereocenters. The molecule has 7 heteroatoms. The van der Waals surface area contributed by atoms with E-state index in [-0.39, 0.29) is 25.4 Å². The van der Waals surface area contributed by atoms with Crippen LogP contribution in [0.2, 0.25) is 0 Å². The highest BCUT2D eigenvalue weighted by atomic mass is 16.6. The van der Waals surface area contributed by atoms with Gasteiger partial charge in [-0.1, -0.05) is 95.0 Å². The van der Waals surface area contributed by atoms with Gasteiger partial charge >= 0.3 is 12.1 Å². The molecular formula is C29H48N2O5. The topological polar surface area (TPSA) is 93.7 Å². The molecule has 0 spiro atoms. The van der Waals surface area contributed by atoms with Gasteiger partial charge in [-0.05, 0) is 39.2 Å². The summed E-state index contributed by atoms with van der Waals surface area (Å²) in [6.07, 6.45) is 11.7. The van der Waals surface area contributed by atoms with E-state index in [1.54, 1.807) is 20.8 Å². The summed E-state index contributed by atoms with van der Waals surface area (Å²) in [5.41, 5.74) is 0.207. The maximum atomic E-state index is 12.8. The largest absolute Gasteiger partial charge is 0.461 e. The van der Waals surface area contributed by atoms with Gasteiger partial charge in [-0.3, -0.25) is 9.59 Å². The van der Waals surface area contributed by atoms with E-state index in [0.717, 1.165) is 24.8 Å². The molecule has 0 aliphatic rings. The number of benzene rings is 1. The van der Waals surface area contributed by atoms with Crippen molar-refractivity contribution >= 4 is 18.0 Å². The first-order valence-corrected chi connectivity index (χ1v) is 13.7. The smallest absolute Gasteiger partial charge is 0.408 e. The van der Waals surface area contributed by atoms with E-state index in [4.69, 9.17) is 9.47 Å². The summed E-state index contributed by atoms with van der Waals surface area (Å²) >= 11 is 0. The van der Waals surface area contributed by atoms with Gasteiger partial charge in [0.2, 0.25) is 5.91 Å². The maximum Gasteiger partial charge on any atom is 0.408 e. The van der Waals surface area contributed by atoms with Crippen molar-refractivity contribution < 1.29 is 23.9 Å². The van der Waals surface area contributed by atoms with Crippen molar-refractivity contribution in [1.82, 2.24) is 10.6 Å². The zero-order valence-electron chi connectivity index (χ0n) is 22.9. The molecule has 1 aromatic carbocycles. The first-order chi connectivity index (χ1) is 17.2. The highest BCUT2D eigenvalue weighted by Gasteiger charge is 2.25. The molecule has 0 aliphatic heterocycles. The van der Waals surface area contributed by atoms with Crippen LogP contribution in [0, 0.1) is 0 Å². The lowest BCUT2D eigenvalue weighted by atomic mass is 10.1. The van der Waals surface area contributed by atoms with Gasteiger partial charge in [-0.15, -0.1) is 0 Å². The van der Waals surface area contributed by atoms with Crippen molar-refractivity contribution in [1.29, 1.82) is 0 Å². The number of unbranched alkanes of at least 4 members (excludes halogenated alkanes) is 9. The van der Waals surface area contributed by atoms with Crippen molar-refractivity contribution in [3.8, 4) is 0 Å². The number of alkyl carbamates (subject to hydrolysis) is 1. The third-order valence-corrected chi connectivity index (χ3v) is 5.72. The number of hydrogen-bond donors (Lipinski definition) is 2. The molecular weight excluding hydrogens is 456 g/mol. The van der Waals surface area contributed by atoms with Gasteiger partial charge in [0, 0.05) is 13.0 Å². The second-order valence-electron chi connectivity index (χ2n) is 10.4. The Kier molecular flexibility index (Phi) is 16.3. The first kappa shape index (κ1) is 31.5. The number of nitrogens with one attached hydrogen (secondary N) is 2. The van der Waals surface area contributed by atoms with Crippen LogP contribution in [0.1, 0.15) is 110 Å². The lowest BCUT2D eigenvalue weighted by Crippen LogP contribution is -2.48. The highest BCUT2D eigenvalue weighted by Crippen LogP contribution is 2.11. The molecule has 0 radical (unpaired) electrons. The summed E-state index contributed by atoms with van der Waals surface area (Å²) in [6, 6.07) is 8.54. The molecule has 0 aromatic heterocycles. The van der Waals surface area contributed by atoms with Gasteiger partial charge in [0.25, 0.3) is 0 Å². The monoisotopic (exact) mass is 504 g/mol. The molecule has 0 heterocycles. The van der Waals surface area contributed by atoms with Gasteiger partial charge in [0.05, 0.1) is 0 Å². The van der Waals surface area contributed by atoms with E-state index in [1.165, 1.54) is 44.9 Å². The summed E-state index contributed by atoms with van der Waals surface area (Å²) in [6.45, 7) is 8.22. The fourth-order valence-corrected chi connectivity index (χ4v) is 3.74. The van der Waals surface area contributed by atoms with E-state index in [1.807, 2.05) is 30.3 Å². The molecule has 2 amide bonds. The van der Waals surface area contributed by atoms with Crippen molar-refractivity contribution in [2.24, 2.45) is 0 Å². The first-order valence-electron chi connectivity index (χ1n) is 13.7. The molecule has 0 saturated heterocycles. The second-order valence-corrected chi connectivity index (χ2v) is 10.4. The van der Waals surface area contributed by atoms with Crippen LogP contribution >= 0.6 is 0 Å². The number of carbonyl (C=O) groups is 3. The Morgan fingerprint density at radius 2 is 1.44 bits per heavy atom. The third-order valence-electron chi connectivity index (χ3n) is 5.72. The minimum Gasteiger partial charge on any atom is -0.461 e. The molecule has 2 N–H and O–H groups in total. The third kappa shape index (κ3) is 17.0. The zero-order valence-corrected chi connectivity index (χ0v) is 22.9. The Morgan fingerprint density at radius 1 is 0.861 bits per heavy atom. The van der Waals surface area contributed by atoms with E-state index in [2.05, 4.69) is 17.6 Å². The minimum absolute atomic E-state index is 0.0129. The van der Waals surface area contributed by atoms with Crippen LogP contribution in [0.25, 0.3) is 0 Å². The number of ether oxygens (including phenoxy) is 2. The summed E-state index contributed by atoms with van der Waals surface area (Å²) in [5.74, 6) is -0.732. The van der Waals surface area contributed by atoms with Gasteiger partial charge < -0.3 is 20.1 Å². The quantitative estimate of drug-likeness (QED) is 0.177. The highest BCUT2D eigenvalue weighted by molar-refractivity contribution is 5.86. The van der Waals surface area contributed by atoms with Crippen LogP contribution in [0.5, 0.6) is 0 Å². The van der Waals surface area contributed by atoms with Crippen LogP contribution < -0.4 is 10.6 Å². The molecule has 0 fully saturated rings. The Bertz CT molecular complexity index is 746. The van der Waals surface area contributed by atoms with E-state index >= 15 is 0 Å². The molecule has 0 saturated carbocycles. The minimum atomic E-state index is -0.868. The zero-order chi connectivity index (χ0) is 26.7. The van der Waals surface area contributed by atoms with Crippen molar-refractivity contribution in [3.63, 3.8) is 0 Å². The van der Waals surface area contributed by atoms with Gasteiger partial charge in [-0.2, -0.15) is 0 Å².